The van der Waals surface area contributed by atoms with Crippen molar-refractivity contribution in [3.63, 3.8) is 0 Å². The number of nitrogens with zero attached hydrogens (tertiary/aromatic N) is 1. The third kappa shape index (κ3) is 3.91. The zero-order chi connectivity index (χ0) is 17.3. The summed E-state index contributed by atoms with van der Waals surface area (Å²) < 4.78 is 0. The van der Waals surface area contributed by atoms with Crippen LogP contribution in [0.3, 0.4) is 0 Å². The maximum absolute atomic E-state index is 12.8. The van der Waals surface area contributed by atoms with E-state index in [0.717, 1.165) is 6.42 Å². The number of rotatable bonds is 3. The van der Waals surface area contributed by atoms with Crippen molar-refractivity contribution in [3.8, 4) is 0 Å². The summed E-state index contributed by atoms with van der Waals surface area (Å²) in [5, 5.41) is 2.88. The smallest absolute Gasteiger partial charge is 0.255 e. The lowest BCUT2D eigenvalue weighted by molar-refractivity contribution is -0.123. The first kappa shape index (κ1) is 17.5. The van der Waals surface area contributed by atoms with E-state index in [-0.39, 0.29) is 17.2 Å². The molecule has 126 valence electrons. The monoisotopic (exact) mass is 317 g/mol. The molecule has 0 bridgehead atoms. The van der Waals surface area contributed by atoms with E-state index < -0.39 is 5.41 Å². The van der Waals surface area contributed by atoms with Gasteiger partial charge in [-0.25, -0.2) is 0 Å². The summed E-state index contributed by atoms with van der Waals surface area (Å²) in [6.45, 7) is 9.57. The summed E-state index contributed by atoms with van der Waals surface area (Å²) in [5.74, 6) is -0.155. The molecule has 2 rings (SSSR count). The second-order valence-corrected chi connectivity index (χ2v) is 7.74. The van der Waals surface area contributed by atoms with Gasteiger partial charge in [-0.1, -0.05) is 39.8 Å². The van der Waals surface area contributed by atoms with Gasteiger partial charge in [-0.15, -0.1) is 0 Å². The molecule has 23 heavy (non-hydrogen) atoms. The summed E-state index contributed by atoms with van der Waals surface area (Å²) in [6.07, 6.45) is 0.908. The van der Waals surface area contributed by atoms with Crippen LogP contribution in [0.5, 0.6) is 0 Å². The summed E-state index contributed by atoms with van der Waals surface area (Å²) in [5.41, 5.74) is 6.39. The zero-order valence-corrected chi connectivity index (χ0v) is 14.5. The predicted molar refractivity (Wildman–Crippen MR) is 92.2 cm³/mol. The van der Waals surface area contributed by atoms with Crippen LogP contribution in [0.4, 0.5) is 5.69 Å². The average Bonchev–Trinajstić information content (AvgIpc) is 2.89. The van der Waals surface area contributed by atoms with Crippen LogP contribution in [-0.2, 0) is 4.79 Å². The highest BCUT2D eigenvalue weighted by molar-refractivity contribution is 6.04. The Bertz CT molecular complexity index is 607. The summed E-state index contributed by atoms with van der Waals surface area (Å²) in [7, 11) is 0. The molecule has 1 saturated heterocycles. The van der Waals surface area contributed by atoms with Crippen LogP contribution in [0.2, 0.25) is 0 Å². The molecule has 5 nitrogen and oxygen atoms in total. The molecule has 0 spiro atoms. The van der Waals surface area contributed by atoms with Crippen molar-refractivity contribution in [1.29, 1.82) is 0 Å². The fourth-order valence-electron chi connectivity index (χ4n) is 2.62. The van der Waals surface area contributed by atoms with Gasteiger partial charge in [0.2, 0.25) is 5.91 Å². The van der Waals surface area contributed by atoms with Gasteiger partial charge < -0.3 is 16.0 Å². The second kappa shape index (κ2) is 6.32. The fraction of sp³-hybridized carbons (Fsp3) is 0.556. The van der Waals surface area contributed by atoms with Gasteiger partial charge in [-0.05, 0) is 30.5 Å². The third-order valence-electron chi connectivity index (χ3n) is 4.42. The molecule has 1 aromatic rings. The van der Waals surface area contributed by atoms with E-state index in [1.807, 2.05) is 37.8 Å². The molecule has 0 aromatic heterocycles. The molecule has 1 atom stereocenters. The summed E-state index contributed by atoms with van der Waals surface area (Å²) in [4.78, 5) is 26.9. The lowest BCUT2D eigenvalue weighted by Gasteiger charge is -2.24. The minimum atomic E-state index is -0.512. The normalized spacial score (nSPS) is 21.3. The first-order chi connectivity index (χ1) is 10.7. The average molecular weight is 317 g/mol. The molecule has 1 fully saturated rings. The van der Waals surface area contributed by atoms with Crippen molar-refractivity contribution in [2.75, 3.05) is 25.0 Å². The van der Waals surface area contributed by atoms with Crippen LogP contribution in [0, 0.1) is 10.8 Å². The molecule has 1 aromatic carbocycles. The van der Waals surface area contributed by atoms with Gasteiger partial charge in [0.1, 0.15) is 0 Å². The minimum absolute atomic E-state index is 0.0146. The van der Waals surface area contributed by atoms with E-state index in [9.17, 15) is 9.59 Å². The van der Waals surface area contributed by atoms with Gasteiger partial charge in [0, 0.05) is 18.5 Å². The number of para-hydroxylation sites is 1. The summed E-state index contributed by atoms with van der Waals surface area (Å²) >= 11 is 0. The molecule has 2 amide bonds. The molecule has 0 radical (unpaired) electrons. The Kier molecular flexibility index (Phi) is 4.80. The van der Waals surface area contributed by atoms with Gasteiger partial charge in [0.15, 0.2) is 0 Å². The maximum atomic E-state index is 12.8. The molecule has 0 saturated carbocycles. The largest absolute Gasteiger partial charge is 0.338 e. The molecule has 1 aliphatic rings. The quantitative estimate of drug-likeness (QED) is 0.899. The topological polar surface area (TPSA) is 75.4 Å². The Morgan fingerprint density at radius 1 is 1.30 bits per heavy atom. The molecule has 3 N–H and O–H groups in total. The minimum Gasteiger partial charge on any atom is -0.338 e. The SMILES string of the molecule is CC1(CN)CCN(C(=O)c2ccccc2NC(=O)C(C)(C)C)C1. The first-order valence-electron chi connectivity index (χ1n) is 8.06. The fourth-order valence-corrected chi connectivity index (χ4v) is 2.62. The number of carbonyl (C=O) groups is 2. The molecular formula is C18H27N3O2. The van der Waals surface area contributed by atoms with Crippen LogP contribution in [-0.4, -0.2) is 36.3 Å². The van der Waals surface area contributed by atoms with Crippen molar-refractivity contribution >= 4 is 17.5 Å². The van der Waals surface area contributed by atoms with Crippen LogP contribution < -0.4 is 11.1 Å². The highest BCUT2D eigenvalue weighted by Crippen LogP contribution is 2.31. The Labute approximate surface area is 138 Å². The number of likely N-dealkylation sites (tertiary alicyclic amines) is 1. The Morgan fingerprint density at radius 2 is 1.96 bits per heavy atom. The van der Waals surface area contributed by atoms with Crippen molar-refractivity contribution in [2.24, 2.45) is 16.6 Å². The Morgan fingerprint density at radius 3 is 2.52 bits per heavy atom. The van der Waals surface area contributed by atoms with Gasteiger partial charge in [0.25, 0.3) is 5.91 Å². The van der Waals surface area contributed by atoms with Gasteiger partial charge >= 0.3 is 0 Å². The summed E-state index contributed by atoms with van der Waals surface area (Å²) in [6, 6.07) is 7.18. The second-order valence-electron chi connectivity index (χ2n) is 7.74. The molecular weight excluding hydrogens is 290 g/mol. The van der Waals surface area contributed by atoms with Crippen molar-refractivity contribution in [3.05, 3.63) is 29.8 Å². The molecule has 1 aliphatic heterocycles. The number of benzene rings is 1. The first-order valence-corrected chi connectivity index (χ1v) is 8.06. The lowest BCUT2D eigenvalue weighted by atomic mass is 9.90. The van der Waals surface area contributed by atoms with E-state index in [4.69, 9.17) is 5.73 Å². The van der Waals surface area contributed by atoms with Crippen LogP contribution in [0.25, 0.3) is 0 Å². The van der Waals surface area contributed by atoms with E-state index in [0.29, 0.717) is 30.9 Å². The van der Waals surface area contributed by atoms with Crippen molar-refractivity contribution in [2.45, 2.75) is 34.1 Å². The van der Waals surface area contributed by atoms with E-state index in [2.05, 4.69) is 12.2 Å². The third-order valence-corrected chi connectivity index (χ3v) is 4.42. The predicted octanol–water partition coefficient (Wildman–Crippen LogP) is 2.48. The molecule has 1 unspecified atom stereocenters. The molecule has 0 aliphatic carbocycles. The highest BCUT2D eigenvalue weighted by atomic mass is 16.2. The van der Waals surface area contributed by atoms with Gasteiger partial charge in [-0.3, -0.25) is 9.59 Å². The lowest BCUT2D eigenvalue weighted by Crippen LogP contribution is -2.35. The van der Waals surface area contributed by atoms with E-state index in [1.54, 1.807) is 12.1 Å². The van der Waals surface area contributed by atoms with Gasteiger partial charge in [-0.2, -0.15) is 0 Å². The number of hydrogen-bond donors (Lipinski definition) is 2. The Hall–Kier alpha value is -1.88. The molecule has 5 heteroatoms. The molecule has 1 heterocycles. The zero-order valence-electron chi connectivity index (χ0n) is 14.5. The standard InChI is InChI=1S/C18H27N3O2/c1-17(2,3)16(23)20-14-8-6-5-7-13(14)15(22)21-10-9-18(4,11-19)12-21/h5-8H,9-12,19H2,1-4H3,(H,20,23). The number of hydrogen-bond acceptors (Lipinski definition) is 3. The number of nitrogens with one attached hydrogen (secondary N) is 1. The number of carbonyl (C=O) groups excluding carboxylic acids is 2. The highest BCUT2D eigenvalue weighted by Gasteiger charge is 2.36. The van der Waals surface area contributed by atoms with E-state index in [1.165, 1.54) is 0 Å². The van der Waals surface area contributed by atoms with Crippen LogP contribution >= 0.6 is 0 Å². The van der Waals surface area contributed by atoms with Crippen LogP contribution in [0.15, 0.2) is 24.3 Å². The maximum Gasteiger partial charge on any atom is 0.255 e. The number of amides is 2. The number of anilines is 1. The van der Waals surface area contributed by atoms with Crippen molar-refractivity contribution < 1.29 is 9.59 Å². The van der Waals surface area contributed by atoms with E-state index >= 15 is 0 Å². The Balaban J connectivity index is 2.21. The number of nitrogens with two attached hydrogens (primary N) is 1. The van der Waals surface area contributed by atoms with Crippen molar-refractivity contribution in [1.82, 2.24) is 4.90 Å². The van der Waals surface area contributed by atoms with Gasteiger partial charge in [0.05, 0.1) is 11.3 Å². The van der Waals surface area contributed by atoms with Crippen LogP contribution in [0.1, 0.15) is 44.5 Å².